The first-order valence-electron chi connectivity index (χ1n) is 5.30. The van der Waals surface area contributed by atoms with E-state index in [-0.39, 0.29) is 16.7 Å². The van der Waals surface area contributed by atoms with E-state index in [9.17, 15) is 4.79 Å². The van der Waals surface area contributed by atoms with Crippen LogP contribution in [0, 0.1) is 0 Å². The van der Waals surface area contributed by atoms with Crippen LogP contribution in [-0.4, -0.2) is 47.3 Å². The molecule has 0 aliphatic carbocycles. The highest BCUT2D eigenvalue weighted by molar-refractivity contribution is 8.00. The average molecular weight is 231 g/mol. The molecule has 0 saturated carbocycles. The molecule has 2 aliphatic rings. The minimum absolute atomic E-state index is 0.0314. The lowest BCUT2D eigenvalue weighted by atomic mass is 9.88. The van der Waals surface area contributed by atoms with Gasteiger partial charge >= 0.3 is 0 Å². The summed E-state index contributed by atoms with van der Waals surface area (Å²) < 4.78 is -0.0314. The van der Waals surface area contributed by atoms with Crippen molar-refractivity contribution < 1.29 is 10.0 Å². The molecule has 0 radical (unpaired) electrons. The molecule has 2 fully saturated rings. The fourth-order valence-corrected chi connectivity index (χ4v) is 3.88. The van der Waals surface area contributed by atoms with Gasteiger partial charge in [-0.2, -0.15) is 11.8 Å². The minimum Gasteiger partial charge on any atom is -0.317 e. The van der Waals surface area contributed by atoms with Crippen LogP contribution in [0.5, 0.6) is 0 Å². The lowest BCUT2D eigenvalue weighted by molar-refractivity contribution is -0.132. The number of hydroxylamine groups is 1. The Balaban J connectivity index is 2.13. The molecular weight excluding hydrogens is 214 g/mol. The lowest BCUT2D eigenvalue weighted by Gasteiger charge is -2.45. The van der Waals surface area contributed by atoms with Crippen molar-refractivity contribution in [3.8, 4) is 0 Å². The van der Waals surface area contributed by atoms with Crippen LogP contribution >= 0.6 is 11.8 Å². The highest BCUT2D eigenvalue weighted by Crippen LogP contribution is 2.39. The molecule has 0 aromatic heterocycles. The Labute approximate surface area is 93.3 Å². The maximum absolute atomic E-state index is 11.6. The SMILES string of the molecule is O=C(NO)C1NCCSC12CCNCC2. The molecule has 4 N–H and O–H groups in total. The predicted octanol–water partition coefficient (Wildman–Crippen LogP) is -0.681. The number of nitrogens with one attached hydrogen (secondary N) is 3. The van der Waals surface area contributed by atoms with Crippen LogP contribution < -0.4 is 16.1 Å². The van der Waals surface area contributed by atoms with Gasteiger partial charge in [-0.05, 0) is 25.9 Å². The largest absolute Gasteiger partial charge is 0.317 e. The molecule has 5 nitrogen and oxygen atoms in total. The third-order valence-electron chi connectivity index (χ3n) is 3.19. The Morgan fingerprint density at radius 1 is 1.40 bits per heavy atom. The van der Waals surface area contributed by atoms with Crippen molar-refractivity contribution in [2.75, 3.05) is 25.4 Å². The Hall–Kier alpha value is -0.300. The Kier molecular flexibility index (Phi) is 3.50. The topological polar surface area (TPSA) is 73.4 Å². The quantitative estimate of drug-likeness (QED) is 0.355. The summed E-state index contributed by atoms with van der Waals surface area (Å²) in [5.41, 5.74) is 1.77. The van der Waals surface area contributed by atoms with E-state index >= 15 is 0 Å². The lowest BCUT2D eigenvalue weighted by Crippen LogP contribution is -2.62. The molecule has 6 heteroatoms. The van der Waals surface area contributed by atoms with Gasteiger partial charge in [0.25, 0.3) is 5.91 Å². The number of rotatable bonds is 1. The average Bonchev–Trinajstić information content (AvgIpc) is 2.30. The zero-order valence-corrected chi connectivity index (χ0v) is 9.40. The van der Waals surface area contributed by atoms with Crippen molar-refractivity contribution in [3.63, 3.8) is 0 Å². The maximum atomic E-state index is 11.6. The molecule has 1 amide bonds. The van der Waals surface area contributed by atoms with Crippen LogP contribution in [0.1, 0.15) is 12.8 Å². The molecule has 2 saturated heterocycles. The molecule has 86 valence electrons. The standard InChI is InChI=1S/C9H17N3O2S/c13-8(12-14)7-9(15-6-5-11-7)1-3-10-4-2-9/h7,10-11,14H,1-6H2,(H,12,13). The second-order valence-corrected chi connectivity index (χ2v) is 5.54. The number of hydrogen-bond donors (Lipinski definition) is 4. The highest BCUT2D eigenvalue weighted by atomic mass is 32.2. The number of carbonyl (C=O) groups is 1. The monoisotopic (exact) mass is 231 g/mol. The van der Waals surface area contributed by atoms with Crippen LogP contribution in [0.4, 0.5) is 0 Å². The molecule has 15 heavy (non-hydrogen) atoms. The highest BCUT2D eigenvalue weighted by Gasteiger charge is 2.45. The second kappa shape index (κ2) is 4.69. The summed E-state index contributed by atoms with van der Waals surface area (Å²) in [5, 5.41) is 15.2. The van der Waals surface area contributed by atoms with Gasteiger partial charge in [-0.1, -0.05) is 0 Å². The van der Waals surface area contributed by atoms with Crippen molar-refractivity contribution in [2.45, 2.75) is 23.6 Å². The van der Waals surface area contributed by atoms with Gasteiger partial charge in [0.1, 0.15) is 6.04 Å². The van der Waals surface area contributed by atoms with Crippen molar-refractivity contribution in [3.05, 3.63) is 0 Å². The van der Waals surface area contributed by atoms with Gasteiger partial charge in [0, 0.05) is 17.0 Å². The molecular formula is C9H17N3O2S. The summed E-state index contributed by atoms with van der Waals surface area (Å²) in [5.74, 6) is 0.735. The summed E-state index contributed by atoms with van der Waals surface area (Å²) >= 11 is 1.86. The van der Waals surface area contributed by atoms with Gasteiger partial charge < -0.3 is 10.6 Å². The van der Waals surface area contributed by atoms with E-state index in [1.807, 2.05) is 11.8 Å². The van der Waals surface area contributed by atoms with Gasteiger partial charge in [0.15, 0.2) is 0 Å². The molecule has 2 aliphatic heterocycles. The van der Waals surface area contributed by atoms with Crippen LogP contribution in [0.15, 0.2) is 0 Å². The first-order valence-corrected chi connectivity index (χ1v) is 6.29. The maximum Gasteiger partial charge on any atom is 0.261 e. The number of piperidine rings is 1. The van der Waals surface area contributed by atoms with Gasteiger partial charge in [0.2, 0.25) is 0 Å². The van der Waals surface area contributed by atoms with Gasteiger partial charge in [-0.25, -0.2) is 5.48 Å². The minimum atomic E-state index is -0.302. The summed E-state index contributed by atoms with van der Waals surface area (Å²) in [6.45, 7) is 2.73. The summed E-state index contributed by atoms with van der Waals surface area (Å²) in [4.78, 5) is 11.6. The third kappa shape index (κ3) is 2.13. The van der Waals surface area contributed by atoms with E-state index < -0.39 is 0 Å². The Bertz CT molecular complexity index is 235. The van der Waals surface area contributed by atoms with Crippen LogP contribution in [-0.2, 0) is 4.79 Å². The zero-order valence-electron chi connectivity index (χ0n) is 8.58. The van der Waals surface area contributed by atoms with E-state index in [0.717, 1.165) is 38.2 Å². The van der Waals surface area contributed by atoms with Crippen molar-refractivity contribution in [1.29, 1.82) is 0 Å². The third-order valence-corrected chi connectivity index (χ3v) is 4.82. The van der Waals surface area contributed by atoms with E-state index in [4.69, 9.17) is 5.21 Å². The van der Waals surface area contributed by atoms with E-state index in [2.05, 4.69) is 10.6 Å². The summed E-state index contributed by atoms with van der Waals surface area (Å²) in [7, 11) is 0. The molecule has 1 atom stereocenters. The van der Waals surface area contributed by atoms with Gasteiger partial charge in [-0.15, -0.1) is 0 Å². The smallest absolute Gasteiger partial charge is 0.261 e. The van der Waals surface area contributed by atoms with Crippen molar-refractivity contribution in [1.82, 2.24) is 16.1 Å². The molecule has 0 bridgehead atoms. The van der Waals surface area contributed by atoms with E-state index in [0.29, 0.717) is 0 Å². The summed E-state index contributed by atoms with van der Waals surface area (Å²) in [6.07, 6.45) is 1.95. The van der Waals surface area contributed by atoms with Crippen molar-refractivity contribution in [2.24, 2.45) is 0 Å². The van der Waals surface area contributed by atoms with Gasteiger partial charge in [0.05, 0.1) is 0 Å². The number of carbonyl (C=O) groups excluding carboxylic acids is 1. The molecule has 0 aromatic rings. The predicted molar refractivity (Wildman–Crippen MR) is 59.0 cm³/mol. The van der Waals surface area contributed by atoms with Crippen molar-refractivity contribution >= 4 is 17.7 Å². The van der Waals surface area contributed by atoms with Crippen LogP contribution in [0.25, 0.3) is 0 Å². The molecule has 2 heterocycles. The number of amides is 1. The van der Waals surface area contributed by atoms with Crippen LogP contribution in [0.3, 0.4) is 0 Å². The summed E-state index contributed by atoms with van der Waals surface area (Å²) in [6, 6.07) is -0.261. The molecule has 0 aromatic carbocycles. The first-order chi connectivity index (χ1) is 7.28. The fourth-order valence-electron chi connectivity index (χ4n) is 2.41. The molecule has 1 spiro atoms. The van der Waals surface area contributed by atoms with E-state index in [1.54, 1.807) is 5.48 Å². The van der Waals surface area contributed by atoms with Crippen LogP contribution in [0.2, 0.25) is 0 Å². The first kappa shape index (κ1) is 11.2. The van der Waals surface area contributed by atoms with Gasteiger partial charge in [-0.3, -0.25) is 10.0 Å². The molecule has 2 rings (SSSR count). The Morgan fingerprint density at radius 3 is 2.80 bits per heavy atom. The molecule has 1 unspecified atom stereocenters. The zero-order chi connectivity index (χ0) is 10.7. The number of thioether (sulfide) groups is 1. The Morgan fingerprint density at radius 2 is 2.13 bits per heavy atom. The normalized spacial score (nSPS) is 30.1. The second-order valence-electron chi connectivity index (χ2n) is 4.03. The van der Waals surface area contributed by atoms with E-state index in [1.165, 1.54) is 0 Å². The number of hydrogen-bond acceptors (Lipinski definition) is 5. The fraction of sp³-hybridized carbons (Fsp3) is 0.889.